The van der Waals surface area contributed by atoms with Gasteiger partial charge in [0.1, 0.15) is 11.4 Å². The molecule has 1 aliphatic rings. The van der Waals surface area contributed by atoms with Gasteiger partial charge < -0.3 is 24.5 Å². The number of nitrogens with zero attached hydrogens (tertiary/aromatic N) is 5. The molecular weight excluding hydrogens is 490 g/mol. The first-order valence-electron chi connectivity index (χ1n) is 12.0. The lowest BCUT2D eigenvalue weighted by Gasteiger charge is -2.23. The highest BCUT2D eigenvalue weighted by atomic mass is 32.2. The van der Waals surface area contributed by atoms with Gasteiger partial charge in [0.25, 0.3) is 5.91 Å². The molecule has 0 radical (unpaired) electrons. The summed E-state index contributed by atoms with van der Waals surface area (Å²) in [6, 6.07) is 17.6. The molecule has 0 spiro atoms. The summed E-state index contributed by atoms with van der Waals surface area (Å²) in [6.07, 6.45) is 2.81. The summed E-state index contributed by atoms with van der Waals surface area (Å²) in [7, 11) is 3.48. The number of hydrogen-bond donors (Lipinski definition) is 1. The molecule has 2 aromatic carbocycles. The van der Waals surface area contributed by atoms with E-state index in [9.17, 15) is 14.7 Å². The fraction of sp³-hybridized carbons (Fsp3) is 0.333. The summed E-state index contributed by atoms with van der Waals surface area (Å²) in [5.74, 6) is 0.507. The van der Waals surface area contributed by atoms with Crippen molar-refractivity contribution in [1.29, 1.82) is 0 Å². The number of benzene rings is 2. The zero-order valence-electron chi connectivity index (χ0n) is 21.2. The summed E-state index contributed by atoms with van der Waals surface area (Å²) in [5, 5.41) is 9.85. The van der Waals surface area contributed by atoms with Crippen molar-refractivity contribution in [3.05, 3.63) is 77.5 Å². The Labute approximate surface area is 221 Å². The number of likely N-dealkylation sites (N-methyl/N-ethyl adjacent to an activating group) is 1. The fourth-order valence-corrected chi connectivity index (χ4v) is 4.51. The van der Waals surface area contributed by atoms with Crippen LogP contribution in [0.5, 0.6) is 0 Å². The molecule has 2 heterocycles. The van der Waals surface area contributed by atoms with E-state index in [0.717, 1.165) is 16.8 Å². The third-order valence-corrected chi connectivity index (χ3v) is 6.89. The lowest BCUT2D eigenvalue weighted by Crippen LogP contribution is -2.33. The largest absolute Gasteiger partial charge is 0.465 e. The van der Waals surface area contributed by atoms with Gasteiger partial charge in [0.15, 0.2) is 5.16 Å². The molecule has 3 aromatic rings. The van der Waals surface area contributed by atoms with Crippen LogP contribution in [0.3, 0.4) is 0 Å². The Morgan fingerprint density at radius 2 is 1.97 bits per heavy atom. The lowest BCUT2D eigenvalue weighted by molar-refractivity contribution is 0.0288. The number of aromatic nitrogens is 2. The molecule has 1 aliphatic heterocycles. The highest BCUT2D eigenvalue weighted by molar-refractivity contribution is 7.98. The SMILES string of the molecule is CSc1ncc2c(n1)N(C)CCN(c1cccc(COC(CCN(C)C(=O)O)c3ccccc3)c1)C2=O. The molecule has 0 fully saturated rings. The third-order valence-electron chi connectivity index (χ3n) is 6.32. The Hall–Kier alpha value is -3.63. The Morgan fingerprint density at radius 1 is 1.19 bits per heavy atom. The van der Waals surface area contributed by atoms with Crippen molar-refractivity contribution in [2.75, 3.05) is 49.8 Å². The molecule has 194 valence electrons. The van der Waals surface area contributed by atoms with Gasteiger partial charge in [-0.05, 0) is 35.9 Å². The second kappa shape index (κ2) is 12.1. The predicted octanol–water partition coefficient (Wildman–Crippen LogP) is 4.55. The standard InChI is InChI=1S/C27H31N5O4S/c1-30-14-15-32(25(33)22-17-28-26(37-3)29-24(22)30)21-11-7-8-19(16-21)18-36-23(12-13-31(2)27(34)35)20-9-5-4-6-10-20/h4-11,16-17,23H,12-15,18H2,1-3H3,(H,34,35). The zero-order valence-corrected chi connectivity index (χ0v) is 22.0. The minimum atomic E-state index is -0.969. The molecule has 1 N–H and O–H groups in total. The average Bonchev–Trinajstić information content (AvgIpc) is 3.04. The van der Waals surface area contributed by atoms with Crippen LogP contribution in [0.25, 0.3) is 0 Å². The molecule has 2 amide bonds. The molecule has 10 heteroatoms. The van der Waals surface area contributed by atoms with Gasteiger partial charge in [0.2, 0.25) is 0 Å². The number of amides is 2. The molecule has 0 saturated carbocycles. The molecule has 0 bridgehead atoms. The van der Waals surface area contributed by atoms with Crippen LogP contribution in [-0.2, 0) is 11.3 Å². The number of thioether (sulfide) groups is 1. The maximum Gasteiger partial charge on any atom is 0.407 e. The monoisotopic (exact) mass is 521 g/mol. The normalized spacial score (nSPS) is 14.2. The summed E-state index contributed by atoms with van der Waals surface area (Å²) >= 11 is 1.44. The van der Waals surface area contributed by atoms with E-state index in [0.29, 0.717) is 49.2 Å². The fourth-order valence-electron chi connectivity index (χ4n) is 4.18. The highest BCUT2D eigenvalue weighted by Gasteiger charge is 2.28. The van der Waals surface area contributed by atoms with Crippen molar-refractivity contribution < 1.29 is 19.4 Å². The van der Waals surface area contributed by atoms with Crippen molar-refractivity contribution in [2.24, 2.45) is 0 Å². The number of fused-ring (bicyclic) bond motifs is 1. The smallest absolute Gasteiger partial charge is 0.407 e. The van der Waals surface area contributed by atoms with Crippen molar-refractivity contribution in [2.45, 2.75) is 24.3 Å². The van der Waals surface area contributed by atoms with Crippen molar-refractivity contribution in [3.8, 4) is 0 Å². The first-order chi connectivity index (χ1) is 17.9. The molecule has 37 heavy (non-hydrogen) atoms. The number of carboxylic acid groups (broad SMARTS) is 1. The van der Waals surface area contributed by atoms with Crippen LogP contribution in [-0.4, -0.2) is 72.0 Å². The topological polar surface area (TPSA) is 99.1 Å². The van der Waals surface area contributed by atoms with Crippen molar-refractivity contribution in [3.63, 3.8) is 0 Å². The van der Waals surface area contributed by atoms with Crippen molar-refractivity contribution in [1.82, 2.24) is 14.9 Å². The van der Waals surface area contributed by atoms with Crippen molar-refractivity contribution >= 4 is 35.3 Å². The van der Waals surface area contributed by atoms with Gasteiger partial charge in [-0.1, -0.05) is 54.2 Å². The maximum atomic E-state index is 13.5. The average molecular weight is 522 g/mol. The van der Waals surface area contributed by atoms with E-state index in [4.69, 9.17) is 4.74 Å². The predicted molar refractivity (Wildman–Crippen MR) is 144 cm³/mol. The Kier molecular flexibility index (Phi) is 8.62. The van der Waals surface area contributed by atoms with E-state index in [2.05, 4.69) is 9.97 Å². The summed E-state index contributed by atoms with van der Waals surface area (Å²) in [6.45, 7) is 1.82. The van der Waals surface area contributed by atoms with Crippen LogP contribution < -0.4 is 9.80 Å². The van der Waals surface area contributed by atoms with Crippen LogP contribution >= 0.6 is 11.8 Å². The second-order valence-electron chi connectivity index (χ2n) is 8.85. The van der Waals surface area contributed by atoms with E-state index >= 15 is 0 Å². The number of carbonyl (C=O) groups is 2. The lowest BCUT2D eigenvalue weighted by atomic mass is 10.1. The summed E-state index contributed by atoms with van der Waals surface area (Å²) in [4.78, 5) is 38.6. The highest BCUT2D eigenvalue weighted by Crippen LogP contribution is 2.28. The molecule has 4 rings (SSSR count). The van der Waals surface area contributed by atoms with Crippen LogP contribution in [0, 0.1) is 0 Å². The number of carbonyl (C=O) groups excluding carboxylic acids is 1. The summed E-state index contributed by atoms with van der Waals surface area (Å²) in [5.41, 5.74) is 3.17. The molecule has 0 saturated heterocycles. The van der Waals surface area contributed by atoms with Gasteiger partial charge in [0, 0.05) is 45.6 Å². The van der Waals surface area contributed by atoms with E-state index in [1.54, 1.807) is 18.1 Å². The van der Waals surface area contributed by atoms with Gasteiger partial charge in [0.05, 0.1) is 12.7 Å². The van der Waals surface area contributed by atoms with Crippen LogP contribution in [0.4, 0.5) is 16.3 Å². The number of anilines is 2. The number of ether oxygens (including phenoxy) is 1. The molecule has 9 nitrogen and oxygen atoms in total. The minimum absolute atomic E-state index is 0.135. The van der Waals surface area contributed by atoms with Crippen LogP contribution in [0.1, 0.15) is 34.0 Å². The zero-order chi connectivity index (χ0) is 26.4. The Morgan fingerprint density at radius 3 is 2.70 bits per heavy atom. The van der Waals surface area contributed by atoms with Gasteiger partial charge in [-0.2, -0.15) is 0 Å². The molecule has 1 atom stereocenters. The quantitative estimate of drug-likeness (QED) is 0.323. The maximum absolute atomic E-state index is 13.5. The van der Waals surface area contributed by atoms with E-state index in [-0.39, 0.29) is 12.0 Å². The second-order valence-corrected chi connectivity index (χ2v) is 9.62. The van der Waals surface area contributed by atoms with E-state index in [1.165, 1.54) is 16.7 Å². The molecular formula is C27H31N5O4S. The first-order valence-corrected chi connectivity index (χ1v) is 13.2. The van der Waals surface area contributed by atoms with Gasteiger partial charge in [-0.15, -0.1) is 0 Å². The first kappa shape index (κ1) is 26.4. The third kappa shape index (κ3) is 6.39. The Bertz CT molecular complexity index is 1240. The Balaban J connectivity index is 1.51. The van der Waals surface area contributed by atoms with Gasteiger partial charge in [-0.25, -0.2) is 14.8 Å². The molecule has 1 aromatic heterocycles. The van der Waals surface area contributed by atoms with Crippen LogP contribution in [0.2, 0.25) is 0 Å². The minimum Gasteiger partial charge on any atom is -0.465 e. The number of hydrogen-bond acceptors (Lipinski definition) is 7. The number of rotatable bonds is 9. The van der Waals surface area contributed by atoms with Gasteiger partial charge >= 0.3 is 6.09 Å². The van der Waals surface area contributed by atoms with E-state index < -0.39 is 6.09 Å². The summed E-state index contributed by atoms with van der Waals surface area (Å²) < 4.78 is 6.28. The van der Waals surface area contributed by atoms with Gasteiger partial charge in [-0.3, -0.25) is 4.79 Å². The van der Waals surface area contributed by atoms with Crippen LogP contribution in [0.15, 0.2) is 66.0 Å². The van der Waals surface area contributed by atoms with E-state index in [1.807, 2.05) is 72.8 Å². The molecule has 0 aliphatic carbocycles. The molecule has 1 unspecified atom stereocenters.